The monoisotopic (exact) mass is 462 g/mol. The predicted octanol–water partition coefficient (Wildman–Crippen LogP) is 7.73. The minimum atomic E-state index is 0.399. The van der Waals surface area contributed by atoms with Crippen molar-refractivity contribution in [1.82, 2.24) is 9.97 Å². The van der Waals surface area contributed by atoms with Crippen LogP contribution in [0.5, 0.6) is 11.5 Å². The zero-order chi connectivity index (χ0) is 24.2. The summed E-state index contributed by atoms with van der Waals surface area (Å²) >= 11 is 0. The molecule has 184 valence electrons. The van der Waals surface area contributed by atoms with E-state index in [1.165, 1.54) is 48.2 Å². The molecule has 1 aliphatic carbocycles. The van der Waals surface area contributed by atoms with Crippen LogP contribution in [0.25, 0.3) is 0 Å². The fourth-order valence-corrected chi connectivity index (χ4v) is 5.44. The molecule has 2 aromatic rings. The lowest BCUT2D eigenvalue weighted by Crippen LogP contribution is -2.09. The summed E-state index contributed by atoms with van der Waals surface area (Å²) in [6, 6.07) is 4.02. The molecule has 0 saturated heterocycles. The van der Waals surface area contributed by atoms with E-state index < -0.39 is 0 Å². The molecule has 4 nitrogen and oxygen atoms in total. The van der Waals surface area contributed by atoms with Crippen LogP contribution in [0.3, 0.4) is 0 Å². The summed E-state index contributed by atoms with van der Waals surface area (Å²) in [4.78, 5) is 9.71. The summed E-state index contributed by atoms with van der Waals surface area (Å²) < 4.78 is 11.5. The van der Waals surface area contributed by atoms with Crippen molar-refractivity contribution in [3.05, 3.63) is 72.4 Å². The van der Waals surface area contributed by atoms with Crippen molar-refractivity contribution in [1.29, 1.82) is 0 Å². The number of allylic oxidation sites excluding steroid dienone is 2. The van der Waals surface area contributed by atoms with E-state index in [4.69, 9.17) is 19.4 Å². The highest BCUT2D eigenvalue weighted by atomic mass is 16.5. The molecule has 0 bridgehead atoms. The molecule has 0 N–H and O–H groups in total. The Labute approximate surface area is 206 Å². The summed E-state index contributed by atoms with van der Waals surface area (Å²) in [5, 5.41) is 0. The molecule has 1 aliphatic rings. The molecular formula is C30H42N2O2. The average molecular weight is 463 g/mol. The van der Waals surface area contributed by atoms with E-state index in [9.17, 15) is 0 Å². The molecule has 0 amide bonds. The Morgan fingerprint density at radius 3 is 1.56 bits per heavy atom. The maximum Gasteiger partial charge on any atom is 0.125 e. The third kappa shape index (κ3) is 6.71. The van der Waals surface area contributed by atoms with Crippen molar-refractivity contribution in [2.24, 2.45) is 0 Å². The summed E-state index contributed by atoms with van der Waals surface area (Å²) in [6.07, 6.45) is 21.0. The minimum absolute atomic E-state index is 0.399. The van der Waals surface area contributed by atoms with Crippen LogP contribution in [0.1, 0.15) is 98.6 Å². The van der Waals surface area contributed by atoms with Crippen LogP contribution in [0.15, 0.2) is 49.8 Å². The lowest BCUT2D eigenvalue weighted by Gasteiger charge is -2.22. The van der Waals surface area contributed by atoms with Gasteiger partial charge in [0.15, 0.2) is 0 Å². The van der Waals surface area contributed by atoms with Crippen molar-refractivity contribution < 1.29 is 9.47 Å². The van der Waals surface area contributed by atoms with Crippen LogP contribution in [0, 0.1) is 0 Å². The summed E-state index contributed by atoms with van der Waals surface area (Å²) in [5.41, 5.74) is 5.02. The van der Waals surface area contributed by atoms with Crippen molar-refractivity contribution in [3.8, 4) is 11.5 Å². The maximum atomic E-state index is 5.76. The summed E-state index contributed by atoms with van der Waals surface area (Å²) in [6.45, 7) is 8.06. The molecule has 0 spiro atoms. The Morgan fingerprint density at radius 1 is 0.735 bits per heavy atom. The van der Waals surface area contributed by atoms with Gasteiger partial charge in [0.2, 0.25) is 0 Å². The molecule has 0 saturated carbocycles. The first kappa shape index (κ1) is 26.0. The normalized spacial score (nSPS) is 19.9. The van der Waals surface area contributed by atoms with Crippen molar-refractivity contribution in [2.75, 3.05) is 14.2 Å². The maximum absolute atomic E-state index is 5.76. The fourth-order valence-electron chi connectivity index (χ4n) is 5.44. The average Bonchev–Trinajstić information content (AvgIpc) is 2.86. The molecule has 2 atom stereocenters. The summed E-state index contributed by atoms with van der Waals surface area (Å²) in [7, 11) is 3.55. The van der Waals surface area contributed by atoms with Crippen LogP contribution in [-0.4, -0.2) is 24.2 Å². The van der Waals surface area contributed by atoms with Gasteiger partial charge in [0.05, 0.1) is 25.6 Å². The standard InChI is InChI=1S/C30H42N2O2/c1-5-13-23-15-9-7-11-18-26-28(34-4)20-22-32-30(26)24(14-6-2)16-10-8-12-17-25-27(33-3)19-21-31-29(23)25/h5-6,19-24H,1-2,7-18H2,3-4H3/t23-,24-/m1/s1. The van der Waals surface area contributed by atoms with Crippen molar-refractivity contribution in [2.45, 2.75) is 88.9 Å². The van der Waals surface area contributed by atoms with Crippen LogP contribution in [-0.2, 0) is 12.8 Å². The van der Waals surface area contributed by atoms with Gasteiger partial charge >= 0.3 is 0 Å². The lowest BCUT2D eigenvalue weighted by molar-refractivity contribution is 0.402. The van der Waals surface area contributed by atoms with Crippen LogP contribution in [0.4, 0.5) is 0 Å². The molecule has 34 heavy (non-hydrogen) atoms. The number of nitrogens with zero attached hydrogens (tertiary/aromatic N) is 2. The molecule has 0 radical (unpaired) electrons. The number of fused-ring (bicyclic) bond motifs is 2. The Bertz CT molecular complexity index is 849. The first-order chi connectivity index (χ1) is 16.7. The smallest absolute Gasteiger partial charge is 0.125 e. The quantitative estimate of drug-likeness (QED) is 0.412. The van der Waals surface area contributed by atoms with Crippen molar-refractivity contribution in [3.63, 3.8) is 0 Å². The molecule has 2 heterocycles. The number of ether oxygens (including phenoxy) is 2. The van der Waals surface area contributed by atoms with Crippen LogP contribution in [0.2, 0.25) is 0 Å². The van der Waals surface area contributed by atoms with E-state index in [-0.39, 0.29) is 0 Å². The molecule has 0 fully saturated rings. The van der Waals surface area contributed by atoms with E-state index in [1.807, 2.05) is 36.7 Å². The van der Waals surface area contributed by atoms with Gasteiger partial charge in [-0.25, -0.2) is 0 Å². The minimum Gasteiger partial charge on any atom is -0.496 e. The Kier molecular flexibility index (Phi) is 10.7. The van der Waals surface area contributed by atoms with Crippen molar-refractivity contribution >= 4 is 0 Å². The predicted molar refractivity (Wildman–Crippen MR) is 141 cm³/mol. The van der Waals surface area contributed by atoms with Gasteiger partial charge in [0, 0.05) is 35.4 Å². The topological polar surface area (TPSA) is 44.2 Å². The van der Waals surface area contributed by atoms with Gasteiger partial charge in [-0.3, -0.25) is 9.97 Å². The Morgan fingerprint density at radius 2 is 1.18 bits per heavy atom. The number of aromatic nitrogens is 2. The van der Waals surface area contributed by atoms with Gasteiger partial charge < -0.3 is 9.47 Å². The largest absolute Gasteiger partial charge is 0.496 e. The van der Waals surface area contributed by atoms with Gasteiger partial charge in [0.1, 0.15) is 11.5 Å². The third-order valence-corrected chi connectivity index (χ3v) is 7.17. The number of methoxy groups -OCH3 is 2. The van der Waals surface area contributed by atoms with E-state index >= 15 is 0 Å². The number of pyridine rings is 2. The first-order valence-corrected chi connectivity index (χ1v) is 13.0. The van der Waals surface area contributed by atoms with E-state index in [0.29, 0.717) is 11.8 Å². The summed E-state index contributed by atoms with van der Waals surface area (Å²) in [5.74, 6) is 2.76. The van der Waals surface area contributed by atoms with E-state index in [2.05, 4.69) is 13.2 Å². The van der Waals surface area contributed by atoms with Gasteiger partial charge in [0.25, 0.3) is 0 Å². The molecule has 2 aromatic heterocycles. The third-order valence-electron chi connectivity index (χ3n) is 7.17. The molecule has 4 heteroatoms. The zero-order valence-electron chi connectivity index (χ0n) is 21.2. The fraction of sp³-hybridized carbons (Fsp3) is 0.533. The second-order valence-electron chi connectivity index (χ2n) is 9.40. The SMILES string of the molecule is C=CC[C@@H]1CCCCCc2c(OC)ccnc2[C@H](CC=C)CCCCCc2c(OC)ccnc21. The van der Waals surface area contributed by atoms with E-state index in [1.54, 1.807) is 14.2 Å². The second kappa shape index (κ2) is 13.9. The lowest BCUT2D eigenvalue weighted by atomic mass is 9.86. The highest BCUT2D eigenvalue weighted by Crippen LogP contribution is 2.36. The molecule has 0 aromatic carbocycles. The zero-order valence-corrected chi connectivity index (χ0v) is 21.2. The Hall–Kier alpha value is -2.62. The van der Waals surface area contributed by atoms with Gasteiger partial charge in [-0.2, -0.15) is 0 Å². The van der Waals surface area contributed by atoms with Crippen LogP contribution < -0.4 is 9.47 Å². The second-order valence-corrected chi connectivity index (χ2v) is 9.40. The number of hydrogen-bond acceptors (Lipinski definition) is 4. The molecule has 3 rings (SSSR count). The van der Waals surface area contributed by atoms with Gasteiger partial charge in [-0.15, -0.1) is 13.2 Å². The molecule has 0 aliphatic heterocycles. The molecular weight excluding hydrogens is 420 g/mol. The molecule has 0 unspecified atom stereocenters. The Balaban J connectivity index is 1.87. The number of rotatable bonds is 6. The number of hydrogen-bond donors (Lipinski definition) is 0. The highest BCUT2D eigenvalue weighted by molar-refractivity contribution is 5.39. The highest BCUT2D eigenvalue weighted by Gasteiger charge is 2.21. The first-order valence-electron chi connectivity index (χ1n) is 13.0. The van der Waals surface area contributed by atoms with Gasteiger partial charge in [-0.1, -0.05) is 37.8 Å². The van der Waals surface area contributed by atoms with Crippen LogP contribution >= 0.6 is 0 Å². The van der Waals surface area contributed by atoms with E-state index in [0.717, 1.165) is 62.9 Å². The van der Waals surface area contributed by atoms with Gasteiger partial charge in [-0.05, 0) is 63.5 Å².